The van der Waals surface area contributed by atoms with Gasteiger partial charge < -0.3 is 24.6 Å². The first-order chi connectivity index (χ1) is 20.0. The Kier molecular flexibility index (Phi) is 8.54. The van der Waals surface area contributed by atoms with Gasteiger partial charge in [-0.3, -0.25) is 14.3 Å². The molecule has 2 aromatic heterocycles. The van der Waals surface area contributed by atoms with E-state index in [4.69, 9.17) is 19.4 Å². The second-order valence-corrected chi connectivity index (χ2v) is 10.7. The van der Waals surface area contributed by atoms with Crippen LogP contribution >= 0.6 is 0 Å². The van der Waals surface area contributed by atoms with Gasteiger partial charge in [-0.15, -0.1) is 0 Å². The van der Waals surface area contributed by atoms with Crippen LogP contribution in [0, 0.1) is 5.92 Å². The number of rotatable bonds is 9. The number of hydrogen-bond donors (Lipinski definition) is 1. The molecule has 0 bridgehead atoms. The van der Waals surface area contributed by atoms with Crippen molar-refractivity contribution in [1.82, 2.24) is 29.3 Å². The van der Waals surface area contributed by atoms with E-state index in [-0.39, 0.29) is 17.6 Å². The summed E-state index contributed by atoms with van der Waals surface area (Å²) in [6.07, 6.45) is -1.36. The van der Waals surface area contributed by atoms with Crippen molar-refractivity contribution in [3.8, 4) is 5.82 Å². The highest BCUT2D eigenvalue weighted by Gasteiger charge is 2.27. The molecule has 41 heavy (non-hydrogen) atoms. The van der Waals surface area contributed by atoms with Crippen molar-refractivity contribution in [1.29, 1.82) is 0 Å². The van der Waals surface area contributed by atoms with Crippen molar-refractivity contribution >= 4 is 28.7 Å². The molecule has 6 rings (SSSR count). The van der Waals surface area contributed by atoms with Crippen molar-refractivity contribution < 1.29 is 23.0 Å². The number of fused-ring (bicyclic) bond motifs is 1. The standard InChI is InChI=1S/C28H36F2N8O3/c29-26(30)27-32-21-3-1-2-4-22(21)38(27)24-17-23(33-28(34-24)36-11-15-41-16-12-36)31-18-20-5-8-37(19-20)25(39)6-7-35-9-13-40-14-10-35/h1-4,17,20,26H,5-16,18-19H2,(H,31,33,34)/t20-/m1/s1. The molecule has 3 fully saturated rings. The number of nitrogens with one attached hydrogen (secondary N) is 1. The van der Waals surface area contributed by atoms with E-state index in [1.807, 2.05) is 9.80 Å². The Morgan fingerprint density at radius 2 is 1.76 bits per heavy atom. The molecule has 11 nitrogen and oxygen atoms in total. The first-order valence-electron chi connectivity index (χ1n) is 14.3. The Labute approximate surface area is 237 Å². The molecule has 5 heterocycles. The Morgan fingerprint density at radius 1 is 1.00 bits per heavy atom. The summed E-state index contributed by atoms with van der Waals surface area (Å²) in [6.45, 7) is 8.31. The zero-order valence-electron chi connectivity index (χ0n) is 23.1. The van der Waals surface area contributed by atoms with Gasteiger partial charge in [-0.25, -0.2) is 13.8 Å². The number of anilines is 2. The summed E-state index contributed by atoms with van der Waals surface area (Å²) < 4.78 is 40.5. The first kappa shape index (κ1) is 27.7. The number of morpholine rings is 2. The minimum Gasteiger partial charge on any atom is -0.379 e. The summed E-state index contributed by atoms with van der Waals surface area (Å²) in [7, 11) is 0. The van der Waals surface area contributed by atoms with E-state index in [0.717, 1.165) is 45.8 Å². The molecule has 220 valence electrons. The Balaban J connectivity index is 1.18. The van der Waals surface area contributed by atoms with Gasteiger partial charge in [-0.05, 0) is 24.5 Å². The van der Waals surface area contributed by atoms with E-state index >= 15 is 0 Å². The van der Waals surface area contributed by atoms with Crippen LogP contribution in [-0.4, -0.2) is 114 Å². The van der Waals surface area contributed by atoms with Crippen LogP contribution in [0.15, 0.2) is 30.3 Å². The summed E-state index contributed by atoms with van der Waals surface area (Å²) in [6, 6.07) is 8.76. The van der Waals surface area contributed by atoms with Crippen LogP contribution in [0.25, 0.3) is 16.9 Å². The van der Waals surface area contributed by atoms with Gasteiger partial charge in [0.05, 0.1) is 37.5 Å². The van der Waals surface area contributed by atoms with E-state index in [1.165, 1.54) is 4.57 Å². The number of hydrogen-bond acceptors (Lipinski definition) is 9. The van der Waals surface area contributed by atoms with Gasteiger partial charge in [0.1, 0.15) is 11.6 Å². The van der Waals surface area contributed by atoms with E-state index in [1.54, 1.807) is 30.3 Å². The average molecular weight is 571 g/mol. The number of carbonyl (C=O) groups excluding carboxylic acids is 1. The van der Waals surface area contributed by atoms with Crippen molar-refractivity contribution in [2.24, 2.45) is 5.92 Å². The Bertz CT molecular complexity index is 1340. The maximum atomic E-state index is 14.1. The van der Waals surface area contributed by atoms with E-state index in [0.29, 0.717) is 74.4 Å². The molecule has 1 atom stereocenters. The van der Waals surface area contributed by atoms with Crippen LogP contribution in [-0.2, 0) is 14.3 Å². The SMILES string of the molecule is O=C(CCN1CCOCC1)N1CC[C@H](CNc2cc(-n3c(C(F)F)nc4ccccc43)nc(N3CCOCC3)n2)C1. The molecule has 13 heteroatoms. The second kappa shape index (κ2) is 12.6. The third-order valence-corrected chi connectivity index (χ3v) is 7.96. The van der Waals surface area contributed by atoms with E-state index in [2.05, 4.69) is 15.2 Å². The second-order valence-electron chi connectivity index (χ2n) is 10.7. The first-order valence-corrected chi connectivity index (χ1v) is 14.3. The Hall–Kier alpha value is -3.42. The quantitative estimate of drug-likeness (QED) is 0.416. The van der Waals surface area contributed by atoms with Gasteiger partial charge in [-0.2, -0.15) is 9.97 Å². The van der Waals surface area contributed by atoms with Crippen molar-refractivity contribution in [2.75, 3.05) is 89.0 Å². The van der Waals surface area contributed by atoms with Gasteiger partial charge in [-0.1, -0.05) is 12.1 Å². The third-order valence-electron chi connectivity index (χ3n) is 7.96. The highest BCUT2D eigenvalue weighted by molar-refractivity contribution is 5.78. The number of imidazole rings is 1. The molecule has 3 aliphatic heterocycles. The fourth-order valence-electron chi connectivity index (χ4n) is 5.68. The average Bonchev–Trinajstić information content (AvgIpc) is 3.65. The molecule has 1 N–H and O–H groups in total. The van der Waals surface area contributed by atoms with Gasteiger partial charge >= 0.3 is 0 Å². The number of alkyl halides is 2. The fraction of sp³-hybridized carbons (Fsp3) is 0.571. The number of para-hydroxylation sites is 2. The number of likely N-dealkylation sites (tertiary alicyclic amines) is 1. The van der Waals surface area contributed by atoms with Gasteiger partial charge in [0, 0.05) is 64.8 Å². The summed E-state index contributed by atoms with van der Waals surface area (Å²) in [5.41, 5.74) is 1.04. The van der Waals surface area contributed by atoms with Crippen LogP contribution < -0.4 is 10.2 Å². The molecular weight excluding hydrogens is 534 g/mol. The van der Waals surface area contributed by atoms with Crippen molar-refractivity contribution in [2.45, 2.75) is 19.3 Å². The number of amides is 1. The topological polar surface area (TPSA) is 101 Å². The van der Waals surface area contributed by atoms with Crippen LogP contribution in [0.3, 0.4) is 0 Å². The molecule has 1 aromatic carbocycles. The van der Waals surface area contributed by atoms with Crippen LogP contribution in [0.2, 0.25) is 0 Å². The van der Waals surface area contributed by atoms with Crippen LogP contribution in [0.1, 0.15) is 25.1 Å². The van der Waals surface area contributed by atoms with Gasteiger partial charge in [0.25, 0.3) is 6.43 Å². The number of ether oxygens (including phenoxy) is 2. The molecule has 0 unspecified atom stereocenters. The highest BCUT2D eigenvalue weighted by atomic mass is 19.3. The monoisotopic (exact) mass is 570 g/mol. The van der Waals surface area contributed by atoms with E-state index < -0.39 is 6.43 Å². The highest BCUT2D eigenvalue weighted by Crippen LogP contribution is 2.29. The molecule has 1 amide bonds. The lowest BCUT2D eigenvalue weighted by molar-refractivity contribution is -0.130. The summed E-state index contributed by atoms with van der Waals surface area (Å²) in [5, 5.41) is 3.42. The Morgan fingerprint density at radius 3 is 2.54 bits per heavy atom. The van der Waals surface area contributed by atoms with Crippen LogP contribution in [0.5, 0.6) is 0 Å². The van der Waals surface area contributed by atoms with Crippen LogP contribution in [0.4, 0.5) is 20.5 Å². The maximum Gasteiger partial charge on any atom is 0.296 e. The summed E-state index contributed by atoms with van der Waals surface area (Å²) in [5.74, 6) is 1.43. The smallest absolute Gasteiger partial charge is 0.296 e. The fourth-order valence-corrected chi connectivity index (χ4v) is 5.68. The number of aromatic nitrogens is 4. The number of benzene rings is 1. The maximum absolute atomic E-state index is 14.1. The summed E-state index contributed by atoms with van der Waals surface area (Å²) >= 11 is 0. The molecule has 3 saturated heterocycles. The normalized spacial score (nSPS) is 20.3. The predicted octanol–water partition coefficient (Wildman–Crippen LogP) is 2.57. The summed E-state index contributed by atoms with van der Waals surface area (Å²) in [4.78, 5) is 32.7. The molecule has 3 aliphatic rings. The molecule has 0 saturated carbocycles. The molecule has 0 radical (unpaired) electrons. The van der Waals surface area contributed by atoms with Crippen molar-refractivity contribution in [3.05, 3.63) is 36.2 Å². The zero-order chi connectivity index (χ0) is 28.2. The zero-order valence-corrected chi connectivity index (χ0v) is 23.1. The lowest BCUT2D eigenvalue weighted by Crippen LogP contribution is -2.39. The lowest BCUT2D eigenvalue weighted by Gasteiger charge is -2.27. The minimum atomic E-state index is -2.77. The molecule has 3 aromatic rings. The van der Waals surface area contributed by atoms with Crippen molar-refractivity contribution in [3.63, 3.8) is 0 Å². The minimum absolute atomic E-state index is 0.185. The number of halogens is 2. The van der Waals surface area contributed by atoms with Gasteiger partial charge in [0.15, 0.2) is 5.82 Å². The molecule has 0 spiro atoms. The number of nitrogens with zero attached hydrogens (tertiary/aromatic N) is 7. The third kappa shape index (κ3) is 6.41. The number of carbonyl (C=O) groups is 1. The van der Waals surface area contributed by atoms with Gasteiger partial charge in [0.2, 0.25) is 11.9 Å². The van der Waals surface area contributed by atoms with E-state index in [9.17, 15) is 13.6 Å². The molecular formula is C28H36F2N8O3. The predicted molar refractivity (Wildman–Crippen MR) is 150 cm³/mol. The lowest BCUT2D eigenvalue weighted by atomic mass is 10.1. The largest absolute Gasteiger partial charge is 0.379 e. The molecule has 0 aliphatic carbocycles.